The quantitative estimate of drug-likeness (QED) is 0.316. The molecule has 1 amide bonds. The molecule has 0 saturated carbocycles. The number of aryl methyl sites for hydroxylation is 1. The van der Waals surface area contributed by atoms with Crippen molar-refractivity contribution < 1.29 is 27.5 Å². The van der Waals surface area contributed by atoms with Crippen molar-refractivity contribution in [2.45, 2.75) is 51.0 Å². The van der Waals surface area contributed by atoms with Gasteiger partial charge in [-0.05, 0) is 47.7 Å². The molecule has 7 nitrogen and oxygen atoms in total. The number of likely N-dealkylation sites (tertiary alicyclic amines) is 1. The highest BCUT2D eigenvalue weighted by molar-refractivity contribution is 5.94. The van der Waals surface area contributed by atoms with E-state index >= 15 is 4.39 Å². The molecule has 11 heteroatoms. The number of aliphatic hydroxyl groups excluding tert-OH is 1. The molecule has 40 heavy (non-hydrogen) atoms. The first-order valence-electron chi connectivity index (χ1n) is 13.0. The summed E-state index contributed by atoms with van der Waals surface area (Å²) in [6, 6.07) is 6.16. The van der Waals surface area contributed by atoms with Gasteiger partial charge in [0.15, 0.2) is 5.82 Å². The third-order valence-electron chi connectivity index (χ3n) is 7.68. The predicted molar refractivity (Wildman–Crippen MR) is 145 cm³/mol. The van der Waals surface area contributed by atoms with Crippen LogP contribution in [0.1, 0.15) is 53.6 Å². The van der Waals surface area contributed by atoms with E-state index in [0.29, 0.717) is 11.1 Å². The number of aliphatic hydroxyl groups is 1. The lowest BCUT2D eigenvalue weighted by Crippen LogP contribution is -2.42. The third-order valence-corrected chi connectivity index (χ3v) is 7.68. The Morgan fingerprint density at radius 2 is 1.95 bits per heavy atom. The lowest BCUT2D eigenvalue weighted by atomic mass is 9.83. The van der Waals surface area contributed by atoms with Gasteiger partial charge in [0.05, 0.1) is 17.0 Å². The monoisotopic (exact) mass is 560 g/mol. The molecule has 0 radical (unpaired) electrons. The topological polar surface area (TPSA) is 87.5 Å². The summed E-state index contributed by atoms with van der Waals surface area (Å²) in [6.07, 6.45) is -2.92. The summed E-state index contributed by atoms with van der Waals surface area (Å²) >= 11 is 0. The van der Waals surface area contributed by atoms with E-state index in [9.17, 15) is 27.9 Å². The zero-order valence-electron chi connectivity index (χ0n) is 22.6. The van der Waals surface area contributed by atoms with E-state index in [4.69, 9.17) is 0 Å². The average Bonchev–Trinajstić information content (AvgIpc) is 2.89. The standard InChI is InChI=1S/C29H32F4N4O3/c1-5-24(21-7-6-8-23(17(21)2)29(31,32)33)34-26-22-16-20(28(30)10-12-37(13-11-28)18(3)39)15-19(9-14-38)25(22)27(40)36(4)35-26/h5-8,15-16,24,38H,1,9-14H2,2-4H3,(H,34,35)/t24-/m1/s1. The van der Waals surface area contributed by atoms with Crippen molar-refractivity contribution in [3.05, 3.63) is 81.2 Å². The van der Waals surface area contributed by atoms with Gasteiger partial charge in [-0.1, -0.05) is 24.3 Å². The number of anilines is 1. The Labute approximate surface area is 229 Å². The fraction of sp³-hybridized carbons (Fsp3) is 0.414. The number of nitrogens with one attached hydrogen (secondary N) is 1. The number of amides is 1. The van der Waals surface area contributed by atoms with Crippen LogP contribution in [0.3, 0.4) is 0 Å². The number of carbonyl (C=O) groups is 1. The highest BCUT2D eigenvalue weighted by atomic mass is 19.4. The Bertz CT molecular complexity index is 1510. The average molecular weight is 561 g/mol. The van der Waals surface area contributed by atoms with Crippen molar-refractivity contribution in [2.75, 3.05) is 25.0 Å². The number of hydrogen-bond acceptors (Lipinski definition) is 5. The minimum absolute atomic E-state index is 0.0168. The van der Waals surface area contributed by atoms with Crippen LogP contribution in [0.4, 0.5) is 23.4 Å². The maximum atomic E-state index is 16.4. The molecule has 1 saturated heterocycles. The highest BCUT2D eigenvalue weighted by Crippen LogP contribution is 2.41. The Hall–Kier alpha value is -3.73. The summed E-state index contributed by atoms with van der Waals surface area (Å²) in [5.41, 5.74) is -1.98. The summed E-state index contributed by atoms with van der Waals surface area (Å²) in [7, 11) is 1.44. The van der Waals surface area contributed by atoms with E-state index in [-0.39, 0.29) is 72.6 Å². The van der Waals surface area contributed by atoms with Gasteiger partial charge >= 0.3 is 6.18 Å². The second-order valence-electron chi connectivity index (χ2n) is 10.2. The van der Waals surface area contributed by atoms with Gasteiger partial charge in [0.1, 0.15) is 5.67 Å². The van der Waals surface area contributed by atoms with Crippen molar-refractivity contribution in [3.8, 4) is 0 Å². The number of benzene rings is 2. The molecule has 1 aromatic heterocycles. The largest absolute Gasteiger partial charge is 0.416 e. The number of aromatic nitrogens is 2. The lowest BCUT2D eigenvalue weighted by Gasteiger charge is -2.36. The van der Waals surface area contributed by atoms with E-state index < -0.39 is 29.0 Å². The van der Waals surface area contributed by atoms with Gasteiger partial charge < -0.3 is 15.3 Å². The summed E-state index contributed by atoms with van der Waals surface area (Å²) in [5, 5.41) is 17.7. The van der Waals surface area contributed by atoms with Crippen molar-refractivity contribution in [3.63, 3.8) is 0 Å². The molecule has 214 valence electrons. The zero-order chi connectivity index (χ0) is 29.4. The zero-order valence-corrected chi connectivity index (χ0v) is 22.6. The van der Waals surface area contributed by atoms with Crippen LogP contribution in [-0.2, 0) is 30.1 Å². The first kappa shape index (κ1) is 29.3. The highest BCUT2D eigenvalue weighted by Gasteiger charge is 2.38. The molecule has 0 unspecified atom stereocenters. The minimum Gasteiger partial charge on any atom is -0.396 e. The molecule has 1 aliphatic heterocycles. The number of fused-ring (bicyclic) bond motifs is 1. The molecule has 1 aliphatic rings. The van der Waals surface area contributed by atoms with Gasteiger partial charge in [-0.2, -0.15) is 18.3 Å². The Morgan fingerprint density at radius 3 is 2.52 bits per heavy atom. The van der Waals surface area contributed by atoms with Crippen LogP contribution in [0.15, 0.2) is 47.8 Å². The molecule has 0 bridgehead atoms. The second-order valence-corrected chi connectivity index (χ2v) is 10.2. The summed E-state index contributed by atoms with van der Waals surface area (Å²) in [6.45, 7) is 6.77. The fourth-order valence-corrected chi connectivity index (χ4v) is 5.41. The van der Waals surface area contributed by atoms with Crippen molar-refractivity contribution >= 4 is 22.5 Å². The van der Waals surface area contributed by atoms with Crippen LogP contribution in [0.5, 0.6) is 0 Å². The van der Waals surface area contributed by atoms with Crippen LogP contribution in [0.2, 0.25) is 0 Å². The molecule has 0 spiro atoms. The number of nitrogens with zero attached hydrogens (tertiary/aromatic N) is 3. The molecule has 2 aromatic carbocycles. The minimum atomic E-state index is -4.55. The number of hydrogen-bond donors (Lipinski definition) is 2. The van der Waals surface area contributed by atoms with Gasteiger partial charge in [-0.15, -0.1) is 6.58 Å². The first-order chi connectivity index (χ1) is 18.8. The first-order valence-corrected chi connectivity index (χ1v) is 13.0. The number of alkyl halides is 4. The van der Waals surface area contributed by atoms with E-state index in [0.717, 1.165) is 10.7 Å². The number of halogens is 4. The number of piperidine rings is 1. The van der Waals surface area contributed by atoms with Crippen molar-refractivity contribution in [2.24, 2.45) is 7.05 Å². The molecule has 1 atom stereocenters. The lowest BCUT2D eigenvalue weighted by molar-refractivity contribution is -0.138. The van der Waals surface area contributed by atoms with Crippen LogP contribution >= 0.6 is 0 Å². The van der Waals surface area contributed by atoms with Crippen LogP contribution in [0.25, 0.3) is 10.8 Å². The van der Waals surface area contributed by atoms with Crippen LogP contribution in [0, 0.1) is 6.92 Å². The van der Waals surface area contributed by atoms with E-state index in [1.165, 1.54) is 39.1 Å². The van der Waals surface area contributed by atoms with E-state index in [1.54, 1.807) is 17.0 Å². The van der Waals surface area contributed by atoms with E-state index in [1.807, 2.05) is 0 Å². The van der Waals surface area contributed by atoms with Crippen LogP contribution in [-0.4, -0.2) is 45.4 Å². The van der Waals surface area contributed by atoms with Gasteiger partial charge in [0.25, 0.3) is 5.56 Å². The van der Waals surface area contributed by atoms with Gasteiger partial charge in [-0.25, -0.2) is 9.07 Å². The summed E-state index contributed by atoms with van der Waals surface area (Å²) in [4.78, 5) is 26.6. The molecule has 3 aromatic rings. The third kappa shape index (κ3) is 5.47. The van der Waals surface area contributed by atoms with Crippen LogP contribution < -0.4 is 10.9 Å². The van der Waals surface area contributed by atoms with Gasteiger partial charge in [0.2, 0.25) is 5.91 Å². The second kappa shape index (κ2) is 11.0. The Morgan fingerprint density at radius 1 is 1.27 bits per heavy atom. The summed E-state index contributed by atoms with van der Waals surface area (Å²) < 4.78 is 58.2. The SMILES string of the molecule is C=C[C@@H](Nc1nn(C)c(=O)c2c(CCO)cc(C3(F)CCN(C(C)=O)CC3)cc12)c1cccc(C(F)(F)F)c1C. The molecular formula is C29H32F4N4O3. The Balaban J connectivity index is 1.87. The number of carbonyl (C=O) groups excluding carboxylic acids is 1. The van der Waals surface area contributed by atoms with Gasteiger partial charge in [0, 0.05) is 51.9 Å². The van der Waals surface area contributed by atoms with Crippen molar-refractivity contribution in [1.29, 1.82) is 0 Å². The molecule has 0 aliphatic carbocycles. The smallest absolute Gasteiger partial charge is 0.396 e. The molecule has 2 N–H and O–H groups in total. The molecule has 4 rings (SSSR count). The molecule has 1 fully saturated rings. The Kier molecular flexibility index (Phi) is 8.07. The number of rotatable bonds is 7. The fourth-order valence-electron chi connectivity index (χ4n) is 5.41. The van der Waals surface area contributed by atoms with Gasteiger partial charge in [-0.3, -0.25) is 9.59 Å². The summed E-state index contributed by atoms with van der Waals surface area (Å²) in [5.74, 6) is 0.0192. The predicted octanol–water partition coefficient (Wildman–Crippen LogP) is 4.94. The normalized spacial score (nSPS) is 16.1. The van der Waals surface area contributed by atoms with Crippen molar-refractivity contribution in [1.82, 2.24) is 14.7 Å². The maximum Gasteiger partial charge on any atom is 0.416 e. The molecule has 2 heterocycles. The van der Waals surface area contributed by atoms with E-state index in [2.05, 4.69) is 17.0 Å². The maximum absolute atomic E-state index is 16.4. The molecular weight excluding hydrogens is 528 g/mol.